The number of nitrogens with one attached hydrogen (secondary N) is 2. The van der Waals surface area contributed by atoms with Crippen molar-refractivity contribution in [1.29, 1.82) is 0 Å². The number of carbonyl (C=O) groups excluding carboxylic acids is 1. The second-order valence-corrected chi connectivity index (χ2v) is 12.9. The van der Waals surface area contributed by atoms with Crippen LogP contribution in [0.4, 0.5) is 4.79 Å². The van der Waals surface area contributed by atoms with Crippen molar-refractivity contribution < 1.29 is 19.8 Å². The topological polar surface area (TPSA) is 115 Å². The molecule has 2 amide bonds. The monoisotopic (exact) mass is 642 g/mol. The summed E-state index contributed by atoms with van der Waals surface area (Å²) in [6.07, 6.45) is 0.989. The molecule has 9 heteroatoms. The van der Waals surface area contributed by atoms with Gasteiger partial charge in [0.25, 0.3) is 5.91 Å². The highest BCUT2D eigenvalue weighted by Crippen LogP contribution is 2.45. The highest BCUT2D eigenvalue weighted by atomic mass is 35.5. The lowest BCUT2D eigenvalue weighted by molar-refractivity contribution is -0.0563. The number of aliphatic hydroxyl groups is 1. The number of piperidine rings is 1. The number of carbonyl (C=O) groups is 2. The van der Waals surface area contributed by atoms with E-state index in [2.05, 4.69) is 30.5 Å². The van der Waals surface area contributed by atoms with Gasteiger partial charge in [-0.2, -0.15) is 0 Å². The van der Waals surface area contributed by atoms with E-state index in [-0.39, 0.29) is 30.7 Å². The van der Waals surface area contributed by atoms with Crippen LogP contribution in [0, 0.1) is 5.92 Å². The third-order valence-corrected chi connectivity index (χ3v) is 9.40. The molecule has 4 aromatic rings. The number of hydrogen-bond acceptors (Lipinski definition) is 5. The molecule has 0 spiro atoms. The molecule has 1 unspecified atom stereocenters. The van der Waals surface area contributed by atoms with E-state index in [9.17, 15) is 19.8 Å². The summed E-state index contributed by atoms with van der Waals surface area (Å²) in [7, 11) is 1.89. The molecule has 4 N–H and O–H groups in total. The Morgan fingerprint density at radius 3 is 2.54 bits per heavy atom. The first-order valence-corrected chi connectivity index (χ1v) is 16.4. The molecular weight excluding hydrogens is 600 g/mol. The molecule has 0 bridgehead atoms. The number of likely N-dealkylation sites (tertiary alicyclic amines) is 1. The van der Waals surface area contributed by atoms with Crippen LogP contribution in [0.2, 0.25) is 5.02 Å². The number of amides is 2. The summed E-state index contributed by atoms with van der Waals surface area (Å²) < 4.78 is 0. The highest BCUT2D eigenvalue weighted by Gasteiger charge is 2.43. The van der Waals surface area contributed by atoms with Crippen molar-refractivity contribution in [2.45, 2.75) is 57.6 Å². The number of nitrogens with zero attached hydrogens (tertiary/aromatic N) is 2. The van der Waals surface area contributed by atoms with E-state index in [0.29, 0.717) is 53.3 Å². The van der Waals surface area contributed by atoms with Crippen LogP contribution < -0.4 is 10.6 Å². The molecule has 1 aliphatic rings. The van der Waals surface area contributed by atoms with Crippen LogP contribution in [-0.4, -0.2) is 58.8 Å². The number of para-hydroxylation sites is 1. The summed E-state index contributed by atoms with van der Waals surface area (Å²) in [5, 5.41) is 29.1. The average Bonchev–Trinajstić information content (AvgIpc) is 3.06. The quantitative estimate of drug-likeness (QED) is 0.129. The summed E-state index contributed by atoms with van der Waals surface area (Å²) in [4.78, 5) is 31.9. The van der Waals surface area contributed by atoms with Crippen molar-refractivity contribution in [3.63, 3.8) is 0 Å². The van der Waals surface area contributed by atoms with Crippen molar-refractivity contribution in [2.75, 3.05) is 26.7 Å². The Balaban J connectivity index is 1.54. The molecule has 242 valence electrons. The first-order chi connectivity index (χ1) is 22.1. The molecular formula is C37H43ClN4O4. The normalized spacial score (nSPS) is 16.4. The standard InChI is InChI=1S/C37H43ClN4O4/c1-24(2)29-10-4-8-26-17-18-32(41-34(26)29)33-30(11-5-12-31(33)38)37(46,19-7-20-40-36(44)45)28-9-6-21-42(23-28)35(43)27-15-13-25(14-16-27)22-39-3/h4-5,8,10-18,24,28,39-40,46H,6-7,9,19-23H2,1-3H3,(H,44,45)/t28-,37?/m1/s1. The van der Waals surface area contributed by atoms with Crippen molar-refractivity contribution in [2.24, 2.45) is 5.92 Å². The van der Waals surface area contributed by atoms with Gasteiger partial charge in [0.05, 0.1) is 21.8 Å². The van der Waals surface area contributed by atoms with Gasteiger partial charge >= 0.3 is 6.09 Å². The van der Waals surface area contributed by atoms with E-state index in [1.54, 1.807) is 6.07 Å². The maximum Gasteiger partial charge on any atom is 0.404 e. The summed E-state index contributed by atoms with van der Waals surface area (Å²) >= 11 is 6.95. The van der Waals surface area contributed by atoms with Gasteiger partial charge < -0.3 is 25.7 Å². The number of fused-ring (bicyclic) bond motifs is 1. The largest absolute Gasteiger partial charge is 0.465 e. The Kier molecular flexibility index (Phi) is 10.6. The molecule has 1 aliphatic heterocycles. The number of aromatic nitrogens is 1. The number of benzene rings is 3. The first kappa shape index (κ1) is 33.4. The second kappa shape index (κ2) is 14.6. The first-order valence-electron chi connectivity index (χ1n) is 16.0. The van der Waals surface area contributed by atoms with E-state index >= 15 is 0 Å². The average molecular weight is 643 g/mol. The zero-order chi connectivity index (χ0) is 32.8. The lowest BCUT2D eigenvalue weighted by Crippen LogP contribution is -2.48. The molecule has 0 aliphatic carbocycles. The van der Waals surface area contributed by atoms with Crippen LogP contribution >= 0.6 is 11.6 Å². The van der Waals surface area contributed by atoms with Gasteiger partial charge in [0, 0.05) is 48.6 Å². The van der Waals surface area contributed by atoms with E-state index < -0.39 is 11.7 Å². The summed E-state index contributed by atoms with van der Waals surface area (Å²) in [5.41, 5.74) is 4.27. The molecule has 0 saturated carbocycles. The second-order valence-electron chi connectivity index (χ2n) is 12.5. The number of halogens is 1. The minimum atomic E-state index is -1.41. The van der Waals surface area contributed by atoms with Crippen molar-refractivity contribution in [3.8, 4) is 11.3 Å². The van der Waals surface area contributed by atoms with E-state index in [1.165, 1.54) is 0 Å². The fourth-order valence-electron chi connectivity index (χ4n) is 6.74. The molecule has 0 radical (unpaired) electrons. The molecule has 3 aromatic carbocycles. The van der Waals surface area contributed by atoms with Crippen LogP contribution in [0.1, 0.15) is 72.5 Å². The third-order valence-electron chi connectivity index (χ3n) is 9.09. The zero-order valence-electron chi connectivity index (χ0n) is 26.7. The minimum Gasteiger partial charge on any atom is -0.465 e. The Labute approximate surface area is 275 Å². The third kappa shape index (κ3) is 7.20. The van der Waals surface area contributed by atoms with Crippen molar-refractivity contribution in [3.05, 3.63) is 100 Å². The lowest BCUT2D eigenvalue weighted by atomic mass is 9.72. The molecule has 2 atom stereocenters. The Morgan fingerprint density at radius 2 is 1.83 bits per heavy atom. The van der Waals surface area contributed by atoms with Crippen LogP contribution in [0.5, 0.6) is 0 Å². The number of pyridine rings is 1. The van der Waals surface area contributed by atoms with Gasteiger partial charge in [-0.1, -0.05) is 74.0 Å². The van der Waals surface area contributed by atoms with Gasteiger partial charge in [-0.15, -0.1) is 0 Å². The summed E-state index contributed by atoms with van der Waals surface area (Å²) in [6, 6.07) is 23.3. The van der Waals surface area contributed by atoms with Gasteiger partial charge in [0.15, 0.2) is 0 Å². The van der Waals surface area contributed by atoms with Crippen LogP contribution in [-0.2, 0) is 12.1 Å². The molecule has 8 nitrogen and oxygen atoms in total. The van der Waals surface area contributed by atoms with E-state index in [1.807, 2.05) is 72.6 Å². The molecule has 1 aromatic heterocycles. The smallest absolute Gasteiger partial charge is 0.404 e. The van der Waals surface area contributed by atoms with Gasteiger partial charge in [-0.05, 0) is 79.6 Å². The maximum atomic E-state index is 13.7. The fraction of sp³-hybridized carbons (Fsp3) is 0.378. The SMILES string of the molecule is CNCc1ccc(C(=O)N2CCC[C@@H](C(O)(CCCNC(=O)O)c3cccc(Cl)c3-c3ccc4cccc(C(C)C)c4n3)C2)cc1. The Hall–Kier alpha value is -3.98. The predicted molar refractivity (Wildman–Crippen MR) is 183 cm³/mol. The maximum absolute atomic E-state index is 13.7. The van der Waals surface area contributed by atoms with Crippen LogP contribution in [0.15, 0.2) is 72.8 Å². The van der Waals surface area contributed by atoms with Gasteiger partial charge in [-0.25, -0.2) is 9.78 Å². The molecule has 2 heterocycles. The van der Waals surface area contributed by atoms with E-state index in [0.717, 1.165) is 35.0 Å². The Morgan fingerprint density at radius 1 is 1.07 bits per heavy atom. The number of rotatable bonds is 11. The lowest BCUT2D eigenvalue weighted by Gasteiger charge is -2.43. The van der Waals surface area contributed by atoms with Crippen molar-refractivity contribution in [1.82, 2.24) is 20.5 Å². The van der Waals surface area contributed by atoms with Gasteiger partial charge in [-0.3, -0.25) is 4.79 Å². The minimum absolute atomic E-state index is 0.0701. The Bertz CT molecular complexity index is 1690. The summed E-state index contributed by atoms with van der Waals surface area (Å²) in [5.74, 6) is -0.122. The molecule has 46 heavy (non-hydrogen) atoms. The molecule has 5 rings (SSSR count). The van der Waals surface area contributed by atoms with Crippen LogP contribution in [0.3, 0.4) is 0 Å². The zero-order valence-corrected chi connectivity index (χ0v) is 27.5. The molecule has 1 saturated heterocycles. The fourth-order valence-corrected chi connectivity index (χ4v) is 7.01. The number of hydrogen-bond donors (Lipinski definition) is 4. The van der Waals surface area contributed by atoms with Gasteiger partial charge in [0.1, 0.15) is 0 Å². The van der Waals surface area contributed by atoms with Gasteiger partial charge in [0.2, 0.25) is 0 Å². The number of carboxylic acid groups (broad SMARTS) is 1. The molecule has 1 fully saturated rings. The summed E-state index contributed by atoms with van der Waals surface area (Å²) in [6.45, 7) is 6.14. The van der Waals surface area contributed by atoms with Crippen LogP contribution in [0.25, 0.3) is 22.2 Å². The predicted octanol–water partition coefficient (Wildman–Crippen LogP) is 7.19. The van der Waals surface area contributed by atoms with Crippen molar-refractivity contribution >= 4 is 34.5 Å². The highest BCUT2D eigenvalue weighted by molar-refractivity contribution is 6.33. The van der Waals surface area contributed by atoms with E-state index in [4.69, 9.17) is 16.6 Å².